The van der Waals surface area contributed by atoms with Crippen molar-refractivity contribution in [2.75, 3.05) is 16.9 Å². The Labute approximate surface area is 175 Å². The number of fused-ring (bicyclic) bond motifs is 1. The third-order valence-corrected chi connectivity index (χ3v) is 5.78. The van der Waals surface area contributed by atoms with Crippen LogP contribution in [-0.4, -0.2) is 28.1 Å². The van der Waals surface area contributed by atoms with Crippen molar-refractivity contribution in [1.82, 2.24) is 9.78 Å². The molecule has 0 fully saturated rings. The maximum Gasteiger partial charge on any atom is 0.410 e. The Morgan fingerprint density at radius 3 is 2.57 bits per heavy atom. The molecule has 3 aromatic rings. The molecule has 1 aliphatic rings. The van der Waals surface area contributed by atoms with Crippen LogP contribution in [0.3, 0.4) is 0 Å². The molecule has 5 nitrogen and oxygen atoms in total. The van der Waals surface area contributed by atoms with E-state index in [9.17, 15) is 18.0 Å². The maximum atomic E-state index is 13.8. The van der Waals surface area contributed by atoms with E-state index in [2.05, 4.69) is 15.7 Å². The predicted molar refractivity (Wildman–Crippen MR) is 111 cm³/mol. The lowest BCUT2D eigenvalue weighted by molar-refractivity contribution is -0.173. The molecule has 2 heterocycles. The molecule has 156 valence electrons. The highest BCUT2D eigenvalue weighted by Gasteiger charge is 2.46. The molecule has 1 aromatic heterocycles. The number of thioether (sulfide) groups is 1. The molecule has 0 radical (unpaired) electrons. The van der Waals surface area contributed by atoms with E-state index in [1.165, 1.54) is 17.8 Å². The van der Waals surface area contributed by atoms with Crippen LogP contribution in [0.2, 0.25) is 0 Å². The van der Waals surface area contributed by atoms with Crippen molar-refractivity contribution in [3.8, 4) is 0 Å². The number of aromatic nitrogens is 2. The van der Waals surface area contributed by atoms with Gasteiger partial charge in [0.05, 0.1) is 11.7 Å². The second-order valence-corrected chi connectivity index (χ2v) is 7.76. The summed E-state index contributed by atoms with van der Waals surface area (Å²) in [6, 6.07) is 15.2. The second-order valence-electron chi connectivity index (χ2n) is 6.91. The maximum absolute atomic E-state index is 13.8. The van der Waals surface area contributed by atoms with Gasteiger partial charge < -0.3 is 10.6 Å². The van der Waals surface area contributed by atoms with Crippen molar-refractivity contribution >= 4 is 29.2 Å². The lowest BCUT2D eigenvalue weighted by Gasteiger charge is -2.33. The first-order valence-electron chi connectivity index (χ1n) is 9.29. The number of para-hydroxylation sites is 1. The van der Waals surface area contributed by atoms with Crippen LogP contribution >= 0.6 is 11.8 Å². The molecule has 2 atom stereocenters. The molecule has 9 heteroatoms. The van der Waals surface area contributed by atoms with Crippen molar-refractivity contribution in [3.63, 3.8) is 0 Å². The predicted octanol–water partition coefficient (Wildman–Crippen LogP) is 5.52. The van der Waals surface area contributed by atoms with Crippen molar-refractivity contribution in [2.45, 2.75) is 29.6 Å². The summed E-state index contributed by atoms with van der Waals surface area (Å²) in [7, 11) is 0. The largest absolute Gasteiger partial charge is 0.410 e. The molecule has 0 unspecified atom stereocenters. The van der Waals surface area contributed by atoms with E-state index in [0.29, 0.717) is 5.69 Å². The number of nitrogens with one attached hydrogen (secondary N) is 2. The Balaban J connectivity index is 1.65. The monoisotopic (exact) mass is 432 g/mol. The molecule has 0 saturated carbocycles. The minimum atomic E-state index is -4.49. The van der Waals surface area contributed by atoms with Gasteiger partial charge in [-0.3, -0.25) is 4.79 Å². The zero-order chi connectivity index (χ0) is 21.3. The first-order valence-corrected chi connectivity index (χ1v) is 10.5. The van der Waals surface area contributed by atoms with E-state index in [-0.39, 0.29) is 17.9 Å². The van der Waals surface area contributed by atoms with Gasteiger partial charge >= 0.3 is 6.18 Å². The van der Waals surface area contributed by atoms with Crippen molar-refractivity contribution in [2.24, 2.45) is 0 Å². The third kappa shape index (κ3) is 4.02. The van der Waals surface area contributed by atoms with Gasteiger partial charge in [-0.25, -0.2) is 4.68 Å². The Morgan fingerprint density at radius 1 is 1.17 bits per heavy atom. The lowest BCUT2D eigenvalue weighted by Crippen LogP contribution is -2.35. The van der Waals surface area contributed by atoms with Gasteiger partial charge in [-0.05, 0) is 24.0 Å². The summed E-state index contributed by atoms with van der Waals surface area (Å²) in [5, 5.41) is 9.83. The number of rotatable bonds is 4. The zero-order valence-corrected chi connectivity index (χ0v) is 16.8. The first kappa shape index (κ1) is 20.3. The molecular formula is C21H19F3N4OS. The molecule has 0 bridgehead atoms. The SMILES string of the molecule is CSc1ccccc1NC(=O)c1cc2n(n1)[C@@H](C(F)(F)F)C[C@H](c1ccccc1)N2. The fourth-order valence-corrected chi connectivity index (χ4v) is 4.08. The molecule has 1 amide bonds. The average Bonchev–Trinajstić information content (AvgIpc) is 3.17. The minimum Gasteiger partial charge on any atom is -0.363 e. The highest BCUT2D eigenvalue weighted by molar-refractivity contribution is 7.98. The summed E-state index contributed by atoms with van der Waals surface area (Å²) in [6.45, 7) is 0. The number of carbonyl (C=O) groups excluding carboxylic acids is 1. The molecule has 1 aliphatic heterocycles. The van der Waals surface area contributed by atoms with Crippen LogP contribution in [0.1, 0.15) is 34.6 Å². The molecule has 0 aliphatic carbocycles. The lowest BCUT2D eigenvalue weighted by atomic mass is 9.97. The smallest absolute Gasteiger partial charge is 0.363 e. The van der Waals surface area contributed by atoms with E-state index in [1.807, 2.05) is 24.5 Å². The van der Waals surface area contributed by atoms with Crippen molar-refractivity contribution in [3.05, 3.63) is 71.9 Å². The number of alkyl halides is 3. The number of hydrogen-bond acceptors (Lipinski definition) is 4. The molecule has 4 rings (SSSR count). The van der Waals surface area contributed by atoms with E-state index in [4.69, 9.17) is 0 Å². The summed E-state index contributed by atoms with van der Waals surface area (Å²) in [5.74, 6) is -0.391. The fraction of sp³-hybridized carbons (Fsp3) is 0.238. The number of halogens is 3. The van der Waals surface area contributed by atoms with E-state index < -0.39 is 24.2 Å². The van der Waals surface area contributed by atoms with Gasteiger partial charge in [0.25, 0.3) is 5.91 Å². The number of hydrogen-bond donors (Lipinski definition) is 2. The Morgan fingerprint density at radius 2 is 1.87 bits per heavy atom. The van der Waals surface area contributed by atoms with Gasteiger partial charge in [-0.1, -0.05) is 42.5 Å². The highest BCUT2D eigenvalue weighted by atomic mass is 32.2. The quantitative estimate of drug-likeness (QED) is 0.533. The van der Waals surface area contributed by atoms with Gasteiger partial charge in [-0.2, -0.15) is 18.3 Å². The average molecular weight is 432 g/mol. The first-order chi connectivity index (χ1) is 14.4. The van der Waals surface area contributed by atoms with Crippen molar-refractivity contribution < 1.29 is 18.0 Å². The summed E-state index contributed by atoms with van der Waals surface area (Å²) >= 11 is 1.46. The standard InChI is InChI=1S/C21H19F3N4OS/c1-30-17-10-6-5-9-14(17)26-20(29)16-12-19-25-15(13-7-3-2-4-8-13)11-18(21(22,23)24)28(19)27-16/h2-10,12,15,18,25H,11H2,1H3,(H,26,29)/t15-,18-/m1/s1. The number of amides is 1. The van der Waals surface area contributed by atoms with Crippen LogP contribution in [0, 0.1) is 0 Å². The van der Waals surface area contributed by atoms with E-state index in [0.717, 1.165) is 15.1 Å². The topological polar surface area (TPSA) is 59.0 Å². The highest BCUT2D eigenvalue weighted by Crippen LogP contribution is 2.43. The molecule has 30 heavy (non-hydrogen) atoms. The molecular weight excluding hydrogens is 413 g/mol. The summed E-state index contributed by atoms with van der Waals surface area (Å²) in [6.07, 6.45) is -2.82. The molecule has 0 spiro atoms. The van der Waals surface area contributed by atoms with Crippen LogP contribution < -0.4 is 10.6 Å². The van der Waals surface area contributed by atoms with Crippen LogP contribution in [-0.2, 0) is 0 Å². The van der Waals surface area contributed by atoms with Gasteiger partial charge in [0.15, 0.2) is 11.7 Å². The number of nitrogens with zero attached hydrogens (tertiary/aromatic N) is 2. The summed E-state index contributed by atoms with van der Waals surface area (Å²) in [5.41, 5.74) is 1.26. The van der Waals surface area contributed by atoms with Crippen molar-refractivity contribution in [1.29, 1.82) is 0 Å². The van der Waals surface area contributed by atoms with Gasteiger partial charge in [-0.15, -0.1) is 11.8 Å². The summed E-state index contributed by atoms with van der Waals surface area (Å²) in [4.78, 5) is 13.6. The van der Waals surface area contributed by atoms with Crippen LogP contribution in [0.4, 0.5) is 24.7 Å². The molecule has 0 saturated heterocycles. The van der Waals surface area contributed by atoms with Gasteiger partial charge in [0.2, 0.25) is 0 Å². The Kier molecular flexibility index (Phi) is 5.46. The van der Waals surface area contributed by atoms with E-state index in [1.54, 1.807) is 36.4 Å². The zero-order valence-electron chi connectivity index (χ0n) is 16.0. The molecule has 2 aromatic carbocycles. The Bertz CT molecular complexity index is 1050. The number of anilines is 2. The third-order valence-electron chi connectivity index (χ3n) is 4.98. The Hall–Kier alpha value is -2.94. The number of carbonyl (C=O) groups is 1. The van der Waals surface area contributed by atoms with Gasteiger partial charge in [0.1, 0.15) is 5.82 Å². The van der Waals surface area contributed by atoms with Gasteiger partial charge in [0, 0.05) is 17.4 Å². The van der Waals surface area contributed by atoms with Crippen LogP contribution in [0.5, 0.6) is 0 Å². The molecule has 2 N–H and O–H groups in total. The normalized spacial score (nSPS) is 18.4. The fourth-order valence-electron chi connectivity index (χ4n) is 3.52. The van der Waals surface area contributed by atoms with Crippen LogP contribution in [0.15, 0.2) is 65.6 Å². The number of benzene rings is 2. The second kappa shape index (κ2) is 8.06. The minimum absolute atomic E-state index is 0.0728. The summed E-state index contributed by atoms with van der Waals surface area (Å²) < 4.78 is 42.2. The van der Waals surface area contributed by atoms with Crippen LogP contribution in [0.25, 0.3) is 0 Å². The van der Waals surface area contributed by atoms with E-state index >= 15 is 0 Å².